The minimum atomic E-state index is -1.02. The Bertz CT molecular complexity index is 332. The number of carbonyl (C=O) groups excluding carboxylic acids is 1. The first kappa shape index (κ1) is 13.3. The highest BCUT2D eigenvalue weighted by atomic mass is 16.5. The van der Waals surface area contributed by atoms with Crippen LogP contribution in [0, 0.1) is 5.92 Å². The molecule has 0 aromatic heterocycles. The number of carboxylic acids is 1. The molecule has 1 aliphatic heterocycles. The average molecular weight is 257 g/mol. The van der Waals surface area contributed by atoms with E-state index in [2.05, 4.69) is 5.32 Å². The van der Waals surface area contributed by atoms with Crippen LogP contribution in [0.5, 0.6) is 0 Å². The quantitative estimate of drug-likeness (QED) is 0.653. The zero-order chi connectivity index (χ0) is 13.1. The van der Waals surface area contributed by atoms with Crippen LogP contribution in [-0.2, 0) is 14.3 Å². The number of hydrogen-bond acceptors (Lipinski definition) is 4. The molecule has 1 aliphatic carbocycles. The maximum atomic E-state index is 11.8. The molecular formula is C12H19NO5. The fourth-order valence-electron chi connectivity index (χ4n) is 2.61. The van der Waals surface area contributed by atoms with Gasteiger partial charge in [-0.1, -0.05) is 6.42 Å². The van der Waals surface area contributed by atoms with E-state index in [9.17, 15) is 14.7 Å². The van der Waals surface area contributed by atoms with E-state index in [1.165, 1.54) is 0 Å². The molecule has 0 aromatic carbocycles. The molecule has 2 unspecified atom stereocenters. The van der Waals surface area contributed by atoms with E-state index in [0.29, 0.717) is 19.4 Å². The van der Waals surface area contributed by atoms with Crippen molar-refractivity contribution in [1.82, 2.24) is 5.32 Å². The summed E-state index contributed by atoms with van der Waals surface area (Å²) in [5.41, 5.74) is 0. The molecule has 2 rings (SSSR count). The van der Waals surface area contributed by atoms with Gasteiger partial charge in [0.2, 0.25) is 5.91 Å². The van der Waals surface area contributed by atoms with E-state index >= 15 is 0 Å². The second-order valence-corrected chi connectivity index (χ2v) is 5.03. The minimum absolute atomic E-state index is 0.116. The Morgan fingerprint density at radius 2 is 1.89 bits per heavy atom. The monoisotopic (exact) mass is 257 g/mol. The predicted octanol–water partition coefficient (Wildman–Crippen LogP) is -0.104. The van der Waals surface area contributed by atoms with Crippen molar-refractivity contribution in [3.63, 3.8) is 0 Å². The van der Waals surface area contributed by atoms with Gasteiger partial charge in [0.25, 0.3) is 0 Å². The van der Waals surface area contributed by atoms with Crippen LogP contribution in [0.2, 0.25) is 0 Å². The van der Waals surface area contributed by atoms with Gasteiger partial charge >= 0.3 is 5.97 Å². The van der Waals surface area contributed by atoms with E-state index < -0.39 is 18.2 Å². The highest BCUT2D eigenvalue weighted by molar-refractivity contribution is 5.82. The lowest BCUT2D eigenvalue weighted by Gasteiger charge is -2.17. The van der Waals surface area contributed by atoms with E-state index in [1.807, 2.05) is 0 Å². The molecule has 6 nitrogen and oxygen atoms in total. The van der Waals surface area contributed by atoms with Crippen LogP contribution in [0.25, 0.3) is 0 Å². The maximum absolute atomic E-state index is 11.8. The molecule has 0 spiro atoms. The number of carboxylic acid groups (broad SMARTS) is 1. The standard InChI is InChI=1S/C12H19NO5/c14-8-3-1-2-7(8)6-13-11(15)9-4-5-10(18-9)12(16)17/h7-10,14H,1-6H2,(H,13,15)(H,16,17)/t7?,8?,9-,10+/m0/s1. The van der Waals surface area contributed by atoms with E-state index in [4.69, 9.17) is 9.84 Å². The first-order valence-corrected chi connectivity index (χ1v) is 6.42. The van der Waals surface area contributed by atoms with Gasteiger partial charge in [-0.25, -0.2) is 4.79 Å². The lowest BCUT2D eigenvalue weighted by atomic mass is 10.1. The third-order valence-corrected chi connectivity index (χ3v) is 3.74. The fraction of sp³-hybridized carbons (Fsp3) is 0.833. The van der Waals surface area contributed by atoms with Crippen LogP contribution in [0.4, 0.5) is 0 Å². The van der Waals surface area contributed by atoms with Gasteiger partial charge in [0.1, 0.15) is 6.10 Å². The molecule has 1 saturated carbocycles. The van der Waals surface area contributed by atoms with Gasteiger partial charge in [-0.05, 0) is 25.7 Å². The predicted molar refractivity (Wildman–Crippen MR) is 61.9 cm³/mol. The van der Waals surface area contributed by atoms with Crippen LogP contribution in [0.15, 0.2) is 0 Å². The molecular weight excluding hydrogens is 238 g/mol. The van der Waals surface area contributed by atoms with Crippen molar-refractivity contribution in [2.45, 2.75) is 50.4 Å². The molecule has 2 aliphatic rings. The molecule has 0 bridgehead atoms. The summed E-state index contributed by atoms with van der Waals surface area (Å²) in [5.74, 6) is -1.17. The fourth-order valence-corrected chi connectivity index (χ4v) is 2.61. The van der Waals surface area contributed by atoms with Crippen molar-refractivity contribution in [3.05, 3.63) is 0 Å². The van der Waals surface area contributed by atoms with Crippen molar-refractivity contribution < 1.29 is 24.5 Å². The summed E-state index contributed by atoms with van der Waals surface area (Å²) in [6.45, 7) is 0.442. The molecule has 0 aromatic rings. The van der Waals surface area contributed by atoms with Crippen LogP contribution >= 0.6 is 0 Å². The van der Waals surface area contributed by atoms with Crippen molar-refractivity contribution in [3.8, 4) is 0 Å². The Kier molecular flexibility index (Phi) is 4.19. The molecule has 102 valence electrons. The normalized spacial score (nSPS) is 35.6. The summed E-state index contributed by atoms with van der Waals surface area (Å²) in [5, 5.41) is 21.1. The number of carbonyl (C=O) groups is 2. The zero-order valence-corrected chi connectivity index (χ0v) is 10.2. The number of amides is 1. The van der Waals surface area contributed by atoms with Gasteiger partial charge in [-0.3, -0.25) is 4.79 Å². The third kappa shape index (κ3) is 3.00. The second-order valence-electron chi connectivity index (χ2n) is 5.03. The van der Waals surface area contributed by atoms with Gasteiger partial charge in [0.05, 0.1) is 6.10 Å². The van der Waals surface area contributed by atoms with Gasteiger partial charge in [0, 0.05) is 12.5 Å². The number of rotatable bonds is 4. The van der Waals surface area contributed by atoms with Crippen molar-refractivity contribution in [2.75, 3.05) is 6.54 Å². The van der Waals surface area contributed by atoms with E-state index in [-0.39, 0.29) is 17.9 Å². The highest BCUT2D eigenvalue weighted by Gasteiger charge is 2.35. The highest BCUT2D eigenvalue weighted by Crippen LogP contribution is 2.25. The van der Waals surface area contributed by atoms with Crippen LogP contribution < -0.4 is 5.32 Å². The van der Waals surface area contributed by atoms with E-state index in [0.717, 1.165) is 19.3 Å². The summed E-state index contributed by atoms with van der Waals surface area (Å²) in [4.78, 5) is 22.5. The Balaban J connectivity index is 1.74. The molecule has 1 heterocycles. The molecule has 6 heteroatoms. The Morgan fingerprint density at radius 3 is 2.44 bits per heavy atom. The zero-order valence-electron chi connectivity index (χ0n) is 10.2. The topological polar surface area (TPSA) is 95.9 Å². The lowest BCUT2D eigenvalue weighted by molar-refractivity contribution is -0.151. The van der Waals surface area contributed by atoms with Crippen molar-refractivity contribution >= 4 is 11.9 Å². The van der Waals surface area contributed by atoms with Crippen molar-refractivity contribution in [1.29, 1.82) is 0 Å². The van der Waals surface area contributed by atoms with Crippen molar-refractivity contribution in [2.24, 2.45) is 5.92 Å². The first-order valence-electron chi connectivity index (χ1n) is 6.42. The molecule has 4 atom stereocenters. The Hall–Kier alpha value is -1.14. The van der Waals surface area contributed by atoms with E-state index in [1.54, 1.807) is 0 Å². The van der Waals surface area contributed by atoms with Crippen LogP contribution in [0.3, 0.4) is 0 Å². The molecule has 1 saturated heterocycles. The van der Waals surface area contributed by atoms with Gasteiger partial charge in [0.15, 0.2) is 6.10 Å². The number of nitrogens with one attached hydrogen (secondary N) is 1. The van der Waals surface area contributed by atoms with Crippen LogP contribution in [-0.4, -0.2) is 46.9 Å². The Morgan fingerprint density at radius 1 is 1.17 bits per heavy atom. The summed E-state index contributed by atoms with van der Waals surface area (Å²) in [6, 6.07) is 0. The molecule has 3 N–H and O–H groups in total. The molecule has 0 radical (unpaired) electrons. The number of aliphatic carboxylic acids is 1. The first-order chi connectivity index (χ1) is 8.58. The largest absolute Gasteiger partial charge is 0.479 e. The number of ether oxygens (including phenoxy) is 1. The summed E-state index contributed by atoms with van der Waals surface area (Å²) in [7, 11) is 0. The van der Waals surface area contributed by atoms with Gasteiger partial charge < -0.3 is 20.3 Å². The number of aliphatic hydroxyl groups is 1. The Labute approximate surface area is 105 Å². The molecule has 1 amide bonds. The second kappa shape index (κ2) is 5.67. The summed E-state index contributed by atoms with van der Waals surface area (Å²) < 4.78 is 5.15. The number of hydrogen-bond donors (Lipinski definition) is 3. The maximum Gasteiger partial charge on any atom is 0.332 e. The smallest absolute Gasteiger partial charge is 0.332 e. The lowest BCUT2D eigenvalue weighted by Crippen LogP contribution is -2.39. The average Bonchev–Trinajstić information content (AvgIpc) is 2.94. The third-order valence-electron chi connectivity index (χ3n) is 3.74. The van der Waals surface area contributed by atoms with Gasteiger partial charge in [-0.2, -0.15) is 0 Å². The number of aliphatic hydroxyl groups excluding tert-OH is 1. The SMILES string of the molecule is O=C(NCC1CCCC1O)[C@@H]1CC[C@H](C(=O)O)O1. The van der Waals surface area contributed by atoms with Gasteiger partial charge in [-0.15, -0.1) is 0 Å². The summed E-state index contributed by atoms with van der Waals surface area (Å²) >= 11 is 0. The molecule has 18 heavy (non-hydrogen) atoms. The van der Waals surface area contributed by atoms with Crippen LogP contribution in [0.1, 0.15) is 32.1 Å². The minimum Gasteiger partial charge on any atom is -0.479 e. The summed E-state index contributed by atoms with van der Waals surface area (Å²) in [6.07, 6.45) is 1.66. The molecule has 2 fully saturated rings.